The van der Waals surface area contributed by atoms with E-state index in [0.29, 0.717) is 6.42 Å². The van der Waals surface area contributed by atoms with Gasteiger partial charge in [0.25, 0.3) is 0 Å². The van der Waals surface area contributed by atoms with Crippen LogP contribution in [-0.4, -0.2) is 18.6 Å². The normalized spacial score (nSPS) is 28.7. The Labute approximate surface area is 40.7 Å². The van der Waals surface area contributed by atoms with Gasteiger partial charge in [0.1, 0.15) is 6.67 Å². The van der Waals surface area contributed by atoms with Gasteiger partial charge in [-0.05, 0) is 0 Å². The van der Waals surface area contributed by atoms with Crippen molar-refractivity contribution < 1.29 is 9.18 Å². The summed E-state index contributed by atoms with van der Waals surface area (Å²) in [6, 6.07) is -0.174. The number of hydrogen-bond acceptors (Lipinski definition) is 1. The zero-order valence-corrected chi connectivity index (χ0v) is 3.78. The van der Waals surface area contributed by atoms with Crippen molar-refractivity contribution in [1.29, 1.82) is 0 Å². The highest BCUT2D eigenvalue weighted by atomic mass is 19.1. The van der Waals surface area contributed by atoms with Crippen molar-refractivity contribution in [2.24, 2.45) is 0 Å². The standard InChI is InChI=1S/C4H6FNO/c5-2-3-1-4(7)6-3/h3H,1-2H2,(H,6,7)/t3-/m1/s1. The SMILES string of the molecule is O=C1C[C@H](CF)N1. The lowest BCUT2D eigenvalue weighted by atomic mass is 10.1. The molecule has 1 atom stereocenters. The molecule has 1 heterocycles. The first-order valence-corrected chi connectivity index (χ1v) is 2.18. The van der Waals surface area contributed by atoms with Gasteiger partial charge in [0, 0.05) is 6.42 Å². The molecular formula is C4H6FNO. The Kier molecular flexibility index (Phi) is 0.964. The number of alkyl halides is 1. The number of halogens is 1. The first-order valence-electron chi connectivity index (χ1n) is 2.18. The molecule has 1 aliphatic heterocycles. The fourth-order valence-electron chi connectivity index (χ4n) is 0.523. The number of β-lactam (4-membered cyclic amide) rings is 1. The fraction of sp³-hybridized carbons (Fsp3) is 0.750. The van der Waals surface area contributed by atoms with Gasteiger partial charge in [0.2, 0.25) is 5.91 Å². The molecule has 0 spiro atoms. The van der Waals surface area contributed by atoms with Gasteiger partial charge in [0.15, 0.2) is 0 Å². The summed E-state index contributed by atoms with van der Waals surface area (Å²) in [5.41, 5.74) is 0. The fourth-order valence-corrected chi connectivity index (χ4v) is 0.523. The molecule has 0 bridgehead atoms. The van der Waals surface area contributed by atoms with E-state index in [0.717, 1.165) is 0 Å². The van der Waals surface area contributed by atoms with Crippen molar-refractivity contribution in [2.45, 2.75) is 12.5 Å². The Hall–Kier alpha value is -0.600. The molecular weight excluding hydrogens is 97.0 g/mol. The molecule has 0 unspecified atom stereocenters. The van der Waals surface area contributed by atoms with Crippen molar-refractivity contribution in [3.63, 3.8) is 0 Å². The number of rotatable bonds is 1. The Morgan fingerprint density at radius 3 is 2.71 bits per heavy atom. The van der Waals surface area contributed by atoms with Gasteiger partial charge in [-0.2, -0.15) is 0 Å². The summed E-state index contributed by atoms with van der Waals surface area (Å²) < 4.78 is 11.4. The highest BCUT2D eigenvalue weighted by molar-refractivity contribution is 5.82. The van der Waals surface area contributed by atoms with Gasteiger partial charge in [-0.15, -0.1) is 0 Å². The lowest BCUT2D eigenvalue weighted by molar-refractivity contribution is -0.128. The number of nitrogens with one attached hydrogen (secondary N) is 1. The van der Waals surface area contributed by atoms with Crippen LogP contribution in [-0.2, 0) is 4.79 Å². The zero-order chi connectivity index (χ0) is 5.28. The molecule has 1 rings (SSSR count). The van der Waals surface area contributed by atoms with Crippen molar-refractivity contribution in [3.8, 4) is 0 Å². The van der Waals surface area contributed by atoms with Gasteiger partial charge < -0.3 is 5.32 Å². The van der Waals surface area contributed by atoms with Crippen LogP contribution in [0.25, 0.3) is 0 Å². The molecule has 0 aromatic rings. The van der Waals surface area contributed by atoms with Gasteiger partial charge in [0.05, 0.1) is 6.04 Å². The van der Waals surface area contributed by atoms with E-state index in [4.69, 9.17) is 0 Å². The molecule has 7 heavy (non-hydrogen) atoms. The maximum atomic E-state index is 11.4. The second-order valence-electron chi connectivity index (χ2n) is 1.62. The average molecular weight is 103 g/mol. The summed E-state index contributed by atoms with van der Waals surface area (Å²) in [5.74, 6) is -0.0392. The van der Waals surface area contributed by atoms with Gasteiger partial charge >= 0.3 is 0 Å². The molecule has 0 aromatic heterocycles. The molecule has 0 aliphatic carbocycles. The first kappa shape index (κ1) is 4.56. The van der Waals surface area contributed by atoms with E-state index in [1.165, 1.54) is 0 Å². The summed E-state index contributed by atoms with van der Waals surface area (Å²) >= 11 is 0. The molecule has 40 valence electrons. The lowest BCUT2D eigenvalue weighted by Gasteiger charge is -2.23. The van der Waals surface area contributed by atoms with Crippen molar-refractivity contribution >= 4 is 5.91 Å². The number of carbonyl (C=O) groups excluding carboxylic acids is 1. The van der Waals surface area contributed by atoms with E-state index in [1.807, 2.05) is 0 Å². The predicted molar refractivity (Wildman–Crippen MR) is 22.5 cm³/mol. The van der Waals surface area contributed by atoms with Crippen LogP contribution in [0.4, 0.5) is 4.39 Å². The molecule has 1 fully saturated rings. The summed E-state index contributed by atoms with van der Waals surface area (Å²) in [5, 5.41) is 2.38. The van der Waals surface area contributed by atoms with Crippen LogP contribution in [0.5, 0.6) is 0 Å². The summed E-state index contributed by atoms with van der Waals surface area (Å²) in [4.78, 5) is 9.99. The molecule has 1 N–H and O–H groups in total. The highest BCUT2D eigenvalue weighted by Crippen LogP contribution is 2.02. The number of carbonyl (C=O) groups is 1. The van der Waals surface area contributed by atoms with Gasteiger partial charge in [-0.25, -0.2) is 4.39 Å². The molecule has 3 heteroatoms. The van der Waals surface area contributed by atoms with Crippen LogP contribution in [0.3, 0.4) is 0 Å². The van der Waals surface area contributed by atoms with E-state index in [2.05, 4.69) is 5.32 Å². The van der Waals surface area contributed by atoms with Crippen molar-refractivity contribution in [1.82, 2.24) is 5.32 Å². The van der Waals surface area contributed by atoms with E-state index < -0.39 is 6.67 Å². The summed E-state index contributed by atoms with van der Waals surface area (Å²) in [7, 11) is 0. The summed E-state index contributed by atoms with van der Waals surface area (Å²) in [6.45, 7) is -0.425. The maximum absolute atomic E-state index is 11.4. The van der Waals surface area contributed by atoms with E-state index in [9.17, 15) is 9.18 Å². The Morgan fingerprint density at radius 2 is 2.57 bits per heavy atom. The maximum Gasteiger partial charge on any atom is 0.222 e. The average Bonchev–Trinajstić information content (AvgIpc) is 1.58. The number of hydrogen-bond donors (Lipinski definition) is 1. The predicted octanol–water partition coefficient (Wildman–Crippen LogP) is -0.156. The zero-order valence-electron chi connectivity index (χ0n) is 3.78. The molecule has 1 aliphatic rings. The monoisotopic (exact) mass is 103 g/mol. The summed E-state index contributed by atoms with van der Waals surface area (Å²) in [6.07, 6.45) is 0.372. The minimum absolute atomic E-state index is 0.0392. The Morgan fingerprint density at radius 1 is 2.00 bits per heavy atom. The number of amides is 1. The van der Waals surface area contributed by atoms with Crippen molar-refractivity contribution in [2.75, 3.05) is 6.67 Å². The third kappa shape index (κ3) is 0.706. The lowest BCUT2D eigenvalue weighted by Crippen LogP contribution is -2.49. The minimum Gasteiger partial charge on any atom is -0.350 e. The molecule has 1 amide bonds. The van der Waals surface area contributed by atoms with E-state index in [-0.39, 0.29) is 11.9 Å². The third-order valence-corrected chi connectivity index (χ3v) is 0.983. The van der Waals surface area contributed by atoms with Gasteiger partial charge in [-0.1, -0.05) is 0 Å². The Balaban J connectivity index is 2.17. The van der Waals surface area contributed by atoms with Crippen LogP contribution in [0.2, 0.25) is 0 Å². The van der Waals surface area contributed by atoms with Crippen LogP contribution in [0.1, 0.15) is 6.42 Å². The molecule has 0 radical (unpaired) electrons. The van der Waals surface area contributed by atoms with Crippen LogP contribution >= 0.6 is 0 Å². The topological polar surface area (TPSA) is 29.1 Å². The molecule has 2 nitrogen and oxygen atoms in total. The first-order chi connectivity index (χ1) is 3.33. The van der Waals surface area contributed by atoms with Crippen LogP contribution in [0.15, 0.2) is 0 Å². The van der Waals surface area contributed by atoms with E-state index in [1.54, 1.807) is 0 Å². The van der Waals surface area contributed by atoms with Crippen molar-refractivity contribution in [3.05, 3.63) is 0 Å². The second kappa shape index (κ2) is 1.48. The second-order valence-corrected chi connectivity index (χ2v) is 1.62. The highest BCUT2D eigenvalue weighted by Gasteiger charge is 2.24. The minimum atomic E-state index is -0.425. The van der Waals surface area contributed by atoms with Crippen LogP contribution in [0, 0.1) is 0 Å². The largest absolute Gasteiger partial charge is 0.350 e. The Bertz CT molecular complexity index is 85.7. The smallest absolute Gasteiger partial charge is 0.222 e. The quantitative estimate of drug-likeness (QED) is 0.459. The molecule has 0 saturated carbocycles. The third-order valence-electron chi connectivity index (χ3n) is 0.983. The van der Waals surface area contributed by atoms with Gasteiger partial charge in [-0.3, -0.25) is 4.79 Å². The molecule has 0 aromatic carbocycles. The van der Waals surface area contributed by atoms with Crippen LogP contribution < -0.4 is 5.32 Å². The van der Waals surface area contributed by atoms with E-state index >= 15 is 0 Å². The molecule has 1 saturated heterocycles.